The number of aromatic carboxylic acids is 1. The molecular weight excluding hydrogens is 278 g/mol. The van der Waals surface area contributed by atoms with E-state index in [1.54, 1.807) is 6.07 Å². The predicted molar refractivity (Wildman–Crippen MR) is 87.3 cm³/mol. The molecule has 1 aliphatic heterocycles. The molecule has 118 valence electrons. The van der Waals surface area contributed by atoms with Crippen molar-refractivity contribution in [3.8, 4) is 0 Å². The van der Waals surface area contributed by atoms with Gasteiger partial charge in [0, 0.05) is 56.4 Å². The van der Waals surface area contributed by atoms with Crippen molar-refractivity contribution in [2.75, 3.05) is 33.2 Å². The summed E-state index contributed by atoms with van der Waals surface area (Å²) in [6, 6.07) is 5.43. The number of hydrogen-bond donors (Lipinski definition) is 1. The van der Waals surface area contributed by atoms with Gasteiger partial charge >= 0.3 is 5.97 Å². The first-order chi connectivity index (χ1) is 10.6. The number of fused-ring (bicyclic) bond motifs is 1. The zero-order chi connectivity index (χ0) is 15.7. The molecule has 0 unspecified atom stereocenters. The Balaban J connectivity index is 1.93. The smallest absolute Gasteiger partial charge is 0.335 e. The van der Waals surface area contributed by atoms with Crippen LogP contribution in [0.2, 0.25) is 0 Å². The summed E-state index contributed by atoms with van der Waals surface area (Å²) in [7, 11) is 2.15. The molecule has 3 rings (SSSR count). The Labute approximate surface area is 130 Å². The number of hydrogen-bond acceptors (Lipinski definition) is 3. The molecule has 0 amide bonds. The van der Waals surface area contributed by atoms with Crippen molar-refractivity contribution in [2.45, 2.75) is 20.0 Å². The number of nitrogens with zero attached hydrogens (tertiary/aromatic N) is 3. The molecular formula is C17H23N3O2. The van der Waals surface area contributed by atoms with Crippen LogP contribution in [-0.2, 0) is 13.1 Å². The monoisotopic (exact) mass is 301 g/mol. The van der Waals surface area contributed by atoms with Crippen molar-refractivity contribution in [1.82, 2.24) is 14.4 Å². The molecule has 1 aliphatic rings. The van der Waals surface area contributed by atoms with Gasteiger partial charge < -0.3 is 14.6 Å². The Hall–Kier alpha value is -1.85. The topological polar surface area (TPSA) is 48.7 Å². The number of aromatic nitrogens is 1. The molecule has 0 atom stereocenters. The number of carbonyl (C=O) groups is 1. The first-order valence-corrected chi connectivity index (χ1v) is 7.84. The van der Waals surface area contributed by atoms with Crippen molar-refractivity contribution in [2.24, 2.45) is 0 Å². The first-order valence-electron chi connectivity index (χ1n) is 7.84. The van der Waals surface area contributed by atoms with Crippen LogP contribution in [0.4, 0.5) is 0 Å². The molecule has 5 heteroatoms. The van der Waals surface area contributed by atoms with E-state index in [4.69, 9.17) is 0 Å². The van der Waals surface area contributed by atoms with Crippen LogP contribution in [0.25, 0.3) is 10.9 Å². The predicted octanol–water partition coefficient (Wildman–Crippen LogP) is 2.11. The number of carboxylic acids is 1. The second-order valence-electron chi connectivity index (χ2n) is 6.06. The van der Waals surface area contributed by atoms with Gasteiger partial charge in [0.05, 0.1) is 5.56 Å². The molecule has 1 saturated heterocycles. The lowest BCUT2D eigenvalue weighted by Crippen LogP contribution is -2.43. The number of carboxylic acid groups (broad SMARTS) is 1. The maximum Gasteiger partial charge on any atom is 0.335 e. The lowest BCUT2D eigenvalue weighted by molar-refractivity contribution is 0.0697. The second-order valence-corrected chi connectivity index (χ2v) is 6.06. The van der Waals surface area contributed by atoms with Crippen LogP contribution >= 0.6 is 0 Å². The molecule has 0 saturated carbocycles. The van der Waals surface area contributed by atoms with Gasteiger partial charge in [0.1, 0.15) is 0 Å². The zero-order valence-electron chi connectivity index (χ0n) is 13.2. The fourth-order valence-electron chi connectivity index (χ4n) is 3.14. The summed E-state index contributed by atoms with van der Waals surface area (Å²) in [5.41, 5.74) is 2.71. The number of likely N-dealkylation sites (N-methyl/N-ethyl adjacent to an activating group) is 1. The van der Waals surface area contributed by atoms with Crippen LogP contribution in [0.1, 0.15) is 22.8 Å². The lowest BCUT2D eigenvalue weighted by atomic mass is 10.1. The van der Waals surface area contributed by atoms with Gasteiger partial charge in [0.25, 0.3) is 0 Å². The zero-order valence-corrected chi connectivity index (χ0v) is 13.2. The van der Waals surface area contributed by atoms with Crippen molar-refractivity contribution in [3.63, 3.8) is 0 Å². The fraction of sp³-hybridized carbons (Fsp3) is 0.471. The van der Waals surface area contributed by atoms with E-state index in [0.29, 0.717) is 5.56 Å². The number of rotatable bonds is 4. The molecule has 0 bridgehead atoms. The minimum atomic E-state index is -0.864. The molecule has 1 fully saturated rings. The highest BCUT2D eigenvalue weighted by Crippen LogP contribution is 2.24. The van der Waals surface area contributed by atoms with E-state index in [9.17, 15) is 9.90 Å². The Morgan fingerprint density at radius 2 is 1.95 bits per heavy atom. The van der Waals surface area contributed by atoms with E-state index >= 15 is 0 Å². The summed E-state index contributed by atoms with van der Waals surface area (Å²) < 4.78 is 2.20. The summed E-state index contributed by atoms with van der Waals surface area (Å²) in [5.74, 6) is -0.864. The standard InChI is InChI=1S/C17H23N3O2/c1-3-20-12-14(11-19-8-6-18(2)7-9-19)15-10-13(17(21)22)4-5-16(15)20/h4-5,10,12H,3,6-9,11H2,1-2H3,(H,21,22). The van der Waals surface area contributed by atoms with Gasteiger partial charge in [-0.15, -0.1) is 0 Å². The molecule has 0 spiro atoms. The van der Waals surface area contributed by atoms with Crippen LogP contribution in [0.5, 0.6) is 0 Å². The largest absolute Gasteiger partial charge is 0.478 e. The third-order valence-corrected chi connectivity index (χ3v) is 4.54. The Bertz CT molecular complexity index is 685. The van der Waals surface area contributed by atoms with Crippen LogP contribution in [0, 0.1) is 0 Å². The minimum absolute atomic E-state index is 0.362. The quantitative estimate of drug-likeness (QED) is 0.939. The number of aryl methyl sites for hydroxylation is 1. The fourth-order valence-corrected chi connectivity index (χ4v) is 3.14. The maximum absolute atomic E-state index is 11.2. The van der Waals surface area contributed by atoms with E-state index < -0.39 is 5.97 Å². The molecule has 1 N–H and O–H groups in total. The maximum atomic E-state index is 11.2. The summed E-state index contributed by atoms with van der Waals surface area (Å²) in [5, 5.41) is 10.3. The molecule has 2 heterocycles. The lowest BCUT2D eigenvalue weighted by Gasteiger charge is -2.32. The normalized spacial score (nSPS) is 17.2. The average molecular weight is 301 g/mol. The van der Waals surface area contributed by atoms with Gasteiger partial charge in [0.15, 0.2) is 0 Å². The summed E-state index contributed by atoms with van der Waals surface area (Å²) in [4.78, 5) is 16.0. The Morgan fingerprint density at radius 1 is 1.23 bits per heavy atom. The Morgan fingerprint density at radius 3 is 2.59 bits per heavy atom. The van der Waals surface area contributed by atoms with Gasteiger partial charge in [-0.25, -0.2) is 4.79 Å². The van der Waals surface area contributed by atoms with Crippen molar-refractivity contribution >= 4 is 16.9 Å². The van der Waals surface area contributed by atoms with Gasteiger partial charge in [-0.3, -0.25) is 4.90 Å². The number of piperazine rings is 1. The highest BCUT2D eigenvalue weighted by molar-refractivity contribution is 5.95. The van der Waals surface area contributed by atoms with Crippen LogP contribution < -0.4 is 0 Å². The SMILES string of the molecule is CCn1cc(CN2CCN(C)CC2)c2cc(C(=O)O)ccc21. The average Bonchev–Trinajstić information content (AvgIpc) is 2.87. The summed E-state index contributed by atoms with van der Waals surface area (Å²) in [6.45, 7) is 8.21. The van der Waals surface area contributed by atoms with Gasteiger partial charge in [-0.05, 0) is 37.7 Å². The van der Waals surface area contributed by atoms with E-state index in [1.807, 2.05) is 12.1 Å². The highest BCUT2D eigenvalue weighted by atomic mass is 16.4. The summed E-state index contributed by atoms with van der Waals surface area (Å²) >= 11 is 0. The van der Waals surface area contributed by atoms with Crippen molar-refractivity contribution in [3.05, 3.63) is 35.5 Å². The van der Waals surface area contributed by atoms with E-state index in [0.717, 1.165) is 50.2 Å². The molecule has 22 heavy (non-hydrogen) atoms. The molecule has 0 radical (unpaired) electrons. The number of benzene rings is 1. The van der Waals surface area contributed by atoms with Crippen molar-refractivity contribution < 1.29 is 9.90 Å². The van der Waals surface area contributed by atoms with Crippen molar-refractivity contribution in [1.29, 1.82) is 0 Å². The van der Waals surface area contributed by atoms with E-state index in [-0.39, 0.29) is 0 Å². The second kappa shape index (κ2) is 6.10. The van der Waals surface area contributed by atoms with Crippen LogP contribution in [0.3, 0.4) is 0 Å². The van der Waals surface area contributed by atoms with Gasteiger partial charge in [-0.2, -0.15) is 0 Å². The first kappa shape index (κ1) is 15.1. The van der Waals surface area contributed by atoms with Gasteiger partial charge in [0.2, 0.25) is 0 Å². The molecule has 0 aliphatic carbocycles. The van der Waals surface area contributed by atoms with Gasteiger partial charge in [-0.1, -0.05) is 0 Å². The molecule has 5 nitrogen and oxygen atoms in total. The third kappa shape index (κ3) is 2.87. The van der Waals surface area contributed by atoms with Crippen LogP contribution in [-0.4, -0.2) is 58.7 Å². The highest BCUT2D eigenvalue weighted by Gasteiger charge is 2.17. The third-order valence-electron chi connectivity index (χ3n) is 4.54. The molecule has 1 aromatic carbocycles. The summed E-state index contributed by atoms with van der Waals surface area (Å²) in [6.07, 6.45) is 2.18. The van der Waals surface area contributed by atoms with Crippen LogP contribution in [0.15, 0.2) is 24.4 Å². The molecule has 2 aromatic rings. The minimum Gasteiger partial charge on any atom is -0.478 e. The van der Waals surface area contributed by atoms with E-state index in [1.165, 1.54) is 5.56 Å². The van der Waals surface area contributed by atoms with E-state index in [2.05, 4.69) is 34.5 Å². The molecule has 1 aromatic heterocycles. The Kier molecular flexibility index (Phi) is 4.18.